The van der Waals surface area contributed by atoms with Gasteiger partial charge in [0.15, 0.2) is 0 Å². The SMILES string of the molecule is CN(C)CCN(C)C.Cc1ccccc1. The minimum Gasteiger partial charge on any atom is -0.308 e. The van der Waals surface area contributed by atoms with E-state index in [2.05, 4.69) is 57.0 Å². The first-order valence-corrected chi connectivity index (χ1v) is 5.33. The molecule has 0 spiro atoms. The van der Waals surface area contributed by atoms with Crippen LogP contribution in [0.5, 0.6) is 0 Å². The third kappa shape index (κ3) is 11.1. The lowest BCUT2D eigenvalue weighted by Gasteiger charge is -2.13. The van der Waals surface area contributed by atoms with Crippen LogP contribution in [0.2, 0.25) is 0 Å². The van der Waals surface area contributed by atoms with Crippen molar-refractivity contribution in [2.24, 2.45) is 0 Å². The molecule has 0 saturated carbocycles. The fraction of sp³-hybridized carbons (Fsp3) is 0.538. The highest BCUT2D eigenvalue weighted by molar-refractivity contribution is 5.11. The molecule has 0 atom stereocenters. The summed E-state index contributed by atoms with van der Waals surface area (Å²) in [4.78, 5) is 4.36. The highest BCUT2D eigenvalue weighted by Gasteiger charge is 1.89. The molecule has 0 radical (unpaired) electrons. The normalized spacial score (nSPS) is 10.1. The van der Waals surface area contributed by atoms with Crippen molar-refractivity contribution in [3.63, 3.8) is 0 Å². The van der Waals surface area contributed by atoms with Crippen molar-refractivity contribution >= 4 is 0 Å². The molecule has 0 amide bonds. The molecule has 15 heavy (non-hydrogen) atoms. The molecule has 0 fully saturated rings. The van der Waals surface area contributed by atoms with Crippen molar-refractivity contribution < 1.29 is 0 Å². The number of nitrogens with zero attached hydrogens (tertiary/aromatic N) is 2. The molecule has 2 nitrogen and oxygen atoms in total. The van der Waals surface area contributed by atoms with Gasteiger partial charge in [-0.05, 0) is 35.1 Å². The number of rotatable bonds is 3. The maximum Gasteiger partial charge on any atom is 0.0103 e. The van der Waals surface area contributed by atoms with Crippen molar-refractivity contribution in [2.45, 2.75) is 6.92 Å². The van der Waals surface area contributed by atoms with Gasteiger partial charge in [-0.2, -0.15) is 0 Å². The third-order valence-electron chi connectivity index (χ3n) is 1.93. The van der Waals surface area contributed by atoms with Crippen molar-refractivity contribution in [2.75, 3.05) is 41.3 Å². The van der Waals surface area contributed by atoms with Crippen LogP contribution >= 0.6 is 0 Å². The monoisotopic (exact) mass is 208 g/mol. The van der Waals surface area contributed by atoms with Crippen LogP contribution in [0.25, 0.3) is 0 Å². The topological polar surface area (TPSA) is 6.48 Å². The molecule has 0 unspecified atom stereocenters. The van der Waals surface area contributed by atoms with Gasteiger partial charge in [0, 0.05) is 13.1 Å². The maximum atomic E-state index is 2.18. The summed E-state index contributed by atoms with van der Waals surface area (Å²) in [5.74, 6) is 0. The van der Waals surface area contributed by atoms with E-state index in [9.17, 15) is 0 Å². The van der Waals surface area contributed by atoms with Gasteiger partial charge in [-0.3, -0.25) is 0 Å². The van der Waals surface area contributed by atoms with E-state index >= 15 is 0 Å². The highest BCUT2D eigenvalue weighted by atomic mass is 15.1. The van der Waals surface area contributed by atoms with Gasteiger partial charge in [0.1, 0.15) is 0 Å². The molecule has 0 heterocycles. The van der Waals surface area contributed by atoms with E-state index in [4.69, 9.17) is 0 Å². The number of hydrogen-bond acceptors (Lipinski definition) is 2. The van der Waals surface area contributed by atoms with E-state index in [1.807, 2.05) is 18.2 Å². The summed E-state index contributed by atoms with van der Waals surface area (Å²) in [5.41, 5.74) is 1.32. The quantitative estimate of drug-likeness (QED) is 0.750. The van der Waals surface area contributed by atoms with Crippen LogP contribution in [0, 0.1) is 6.92 Å². The average Bonchev–Trinajstić information content (AvgIpc) is 2.17. The number of benzene rings is 1. The van der Waals surface area contributed by atoms with Gasteiger partial charge in [-0.1, -0.05) is 35.9 Å². The minimum absolute atomic E-state index is 1.15. The predicted molar refractivity (Wildman–Crippen MR) is 68.3 cm³/mol. The van der Waals surface area contributed by atoms with E-state index in [1.54, 1.807) is 0 Å². The van der Waals surface area contributed by atoms with Gasteiger partial charge in [0.05, 0.1) is 0 Å². The standard InChI is InChI=1S/C7H8.C6H16N2/c1-7-5-3-2-4-6-7;1-7(2)5-6-8(3)4/h2-6H,1H3;5-6H2,1-4H3. The minimum atomic E-state index is 1.15. The molecule has 0 aliphatic carbocycles. The van der Waals surface area contributed by atoms with Crippen LogP contribution in [0.3, 0.4) is 0 Å². The Kier molecular flexibility index (Phi) is 7.96. The summed E-state index contributed by atoms with van der Waals surface area (Å²) in [6.07, 6.45) is 0. The molecule has 1 aromatic rings. The lowest BCUT2D eigenvalue weighted by molar-refractivity contribution is 0.320. The van der Waals surface area contributed by atoms with E-state index in [0.717, 1.165) is 13.1 Å². The molecule has 0 N–H and O–H groups in total. The molecule has 0 aliphatic rings. The van der Waals surface area contributed by atoms with Gasteiger partial charge in [0.2, 0.25) is 0 Å². The lowest BCUT2D eigenvalue weighted by Crippen LogP contribution is -2.25. The zero-order valence-corrected chi connectivity index (χ0v) is 10.7. The van der Waals surface area contributed by atoms with Gasteiger partial charge in [-0.15, -0.1) is 0 Å². The average molecular weight is 208 g/mol. The largest absolute Gasteiger partial charge is 0.308 e. The summed E-state index contributed by atoms with van der Waals surface area (Å²) in [7, 11) is 8.35. The Bertz CT molecular complexity index is 222. The molecule has 2 heteroatoms. The van der Waals surface area contributed by atoms with Crippen LogP contribution in [-0.2, 0) is 0 Å². The van der Waals surface area contributed by atoms with Crippen molar-refractivity contribution in [3.05, 3.63) is 35.9 Å². The summed E-state index contributed by atoms with van der Waals surface area (Å²) in [6.45, 7) is 4.38. The van der Waals surface area contributed by atoms with Gasteiger partial charge in [-0.25, -0.2) is 0 Å². The molecule has 0 aromatic heterocycles. The molecule has 0 saturated heterocycles. The fourth-order valence-corrected chi connectivity index (χ4v) is 0.934. The van der Waals surface area contributed by atoms with E-state index in [0.29, 0.717) is 0 Å². The molecular weight excluding hydrogens is 184 g/mol. The van der Waals surface area contributed by atoms with Crippen LogP contribution in [0.15, 0.2) is 30.3 Å². The van der Waals surface area contributed by atoms with Gasteiger partial charge in [0.25, 0.3) is 0 Å². The first kappa shape index (κ1) is 14.1. The maximum absolute atomic E-state index is 2.18. The Hall–Kier alpha value is -0.860. The second-order valence-electron chi connectivity index (χ2n) is 4.26. The van der Waals surface area contributed by atoms with Gasteiger partial charge >= 0.3 is 0 Å². The van der Waals surface area contributed by atoms with Crippen molar-refractivity contribution in [1.29, 1.82) is 0 Å². The van der Waals surface area contributed by atoms with E-state index in [-0.39, 0.29) is 0 Å². The first-order valence-electron chi connectivity index (χ1n) is 5.33. The second kappa shape index (κ2) is 8.45. The van der Waals surface area contributed by atoms with Crippen LogP contribution < -0.4 is 0 Å². The Morgan fingerprint density at radius 2 is 1.20 bits per heavy atom. The van der Waals surface area contributed by atoms with E-state index < -0.39 is 0 Å². The van der Waals surface area contributed by atoms with Gasteiger partial charge < -0.3 is 9.80 Å². The molecule has 86 valence electrons. The Balaban J connectivity index is 0.000000262. The summed E-state index contributed by atoms with van der Waals surface area (Å²) < 4.78 is 0. The van der Waals surface area contributed by atoms with Crippen molar-refractivity contribution in [1.82, 2.24) is 9.80 Å². The van der Waals surface area contributed by atoms with Crippen LogP contribution in [0.1, 0.15) is 5.56 Å². The fourth-order valence-electron chi connectivity index (χ4n) is 0.934. The number of likely N-dealkylation sites (N-methyl/N-ethyl adjacent to an activating group) is 2. The second-order valence-corrected chi connectivity index (χ2v) is 4.26. The lowest BCUT2D eigenvalue weighted by atomic mass is 10.2. The molecular formula is C13H24N2. The van der Waals surface area contributed by atoms with Crippen molar-refractivity contribution in [3.8, 4) is 0 Å². The first-order chi connectivity index (χ1) is 7.02. The van der Waals surface area contributed by atoms with E-state index in [1.165, 1.54) is 5.56 Å². The summed E-state index contributed by atoms with van der Waals surface area (Å²) in [5, 5.41) is 0. The zero-order chi connectivity index (χ0) is 11.7. The van der Waals surface area contributed by atoms with Crippen LogP contribution in [0.4, 0.5) is 0 Å². The Morgan fingerprint density at radius 1 is 0.800 bits per heavy atom. The summed E-state index contributed by atoms with van der Waals surface area (Å²) >= 11 is 0. The predicted octanol–water partition coefficient (Wildman–Crippen LogP) is 2.10. The number of hydrogen-bond donors (Lipinski definition) is 0. The molecule has 1 rings (SSSR count). The van der Waals surface area contributed by atoms with Crippen LogP contribution in [-0.4, -0.2) is 51.1 Å². The highest BCUT2D eigenvalue weighted by Crippen LogP contribution is 1.92. The number of aryl methyl sites for hydroxylation is 1. The summed E-state index contributed by atoms with van der Waals surface area (Å²) in [6, 6.07) is 10.3. The molecule has 1 aromatic carbocycles. The zero-order valence-electron chi connectivity index (χ0n) is 10.7. The Labute approximate surface area is 94.5 Å². The smallest absolute Gasteiger partial charge is 0.0103 e. The molecule has 0 aliphatic heterocycles. The third-order valence-corrected chi connectivity index (χ3v) is 1.93. The Morgan fingerprint density at radius 3 is 1.40 bits per heavy atom. The molecule has 0 bridgehead atoms.